The van der Waals surface area contributed by atoms with E-state index in [0.29, 0.717) is 11.5 Å². The van der Waals surface area contributed by atoms with Gasteiger partial charge in [-0.25, -0.2) is 4.79 Å². The van der Waals surface area contributed by atoms with Crippen molar-refractivity contribution < 1.29 is 24.0 Å². The molecule has 8 heteroatoms. The fourth-order valence-electron chi connectivity index (χ4n) is 3.91. The number of methoxy groups -OCH3 is 2. The number of fused-ring (bicyclic) bond motifs is 1. The molecule has 2 aliphatic rings. The number of rotatable bonds is 6. The molecule has 3 N–H and O–H groups in total. The van der Waals surface area contributed by atoms with Crippen LogP contribution in [0.15, 0.2) is 29.6 Å². The Hall–Kier alpha value is -2.58. The number of benzene rings is 1. The Morgan fingerprint density at radius 3 is 2.62 bits per heavy atom. The number of hydrogen-bond acceptors (Lipinski definition) is 5. The molecule has 3 amide bonds. The molecule has 1 unspecified atom stereocenters. The van der Waals surface area contributed by atoms with Crippen LogP contribution in [0.5, 0.6) is 11.5 Å². The molecule has 1 saturated carbocycles. The predicted octanol–water partition coefficient (Wildman–Crippen LogP) is 1.28. The van der Waals surface area contributed by atoms with Gasteiger partial charge >= 0.3 is 6.03 Å². The van der Waals surface area contributed by atoms with Crippen molar-refractivity contribution in [3.8, 4) is 11.5 Å². The molecule has 2 atom stereocenters. The van der Waals surface area contributed by atoms with E-state index in [-0.39, 0.29) is 24.5 Å². The minimum absolute atomic E-state index is 0.01000. The van der Waals surface area contributed by atoms with Crippen LogP contribution in [0, 0.1) is 0 Å². The maximum absolute atomic E-state index is 12.5. The Morgan fingerprint density at radius 1 is 1.21 bits per heavy atom. The van der Waals surface area contributed by atoms with Gasteiger partial charge in [-0.1, -0.05) is 6.07 Å². The van der Waals surface area contributed by atoms with Crippen LogP contribution in [0.4, 0.5) is 4.79 Å². The number of imide groups is 1. The molecule has 7 nitrogen and oxygen atoms in total. The second kappa shape index (κ2) is 8.42. The van der Waals surface area contributed by atoms with E-state index in [0.717, 1.165) is 36.3 Å². The number of thiophene rings is 1. The summed E-state index contributed by atoms with van der Waals surface area (Å²) in [5, 5.41) is 7.32. The van der Waals surface area contributed by atoms with E-state index in [1.165, 1.54) is 10.4 Å². The summed E-state index contributed by atoms with van der Waals surface area (Å²) in [4.78, 5) is 26.8. The van der Waals surface area contributed by atoms with Gasteiger partial charge in [0.05, 0.1) is 25.6 Å². The molecule has 1 aliphatic heterocycles. The maximum atomic E-state index is 12.5. The molecule has 4 rings (SSSR count). The Bertz CT molecular complexity index is 896. The average Bonchev–Trinajstić information content (AvgIpc) is 3.35. The standard InChI is InChI=1S/C21H25N3O4S/c1-27-16-10-13-7-8-24(12-19(25)23-21(26)22-14-5-6-14)20(18-4-3-9-29-18)15(13)11-17(16)28-2/h3-4,9-11,14,20H,5-8,12H2,1-2H3,(H2,22,23,25,26)/p+1/t20-/m1/s1. The third-order valence-corrected chi connectivity index (χ3v) is 6.40. The first-order chi connectivity index (χ1) is 14.1. The lowest BCUT2D eigenvalue weighted by Crippen LogP contribution is -3.14. The number of ether oxygens (including phenoxy) is 2. The van der Waals surface area contributed by atoms with Crippen LogP contribution in [0.1, 0.15) is 34.9 Å². The zero-order chi connectivity index (χ0) is 20.4. The van der Waals surface area contributed by atoms with E-state index in [4.69, 9.17) is 9.47 Å². The average molecular weight is 417 g/mol. The van der Waals surface area contributed by atoms with E-state index in [9.17, 15) is 9.59 Å². The van der Waals surface area contributed by atoms with Gasteiger partial charge in [0.15, 0.2) is 18.0 Å². The highest BCUT2D eigenvalue weighted by molar-refractivity contribution is 7.10. The molecule has 0 spiro atoms. The summed E-state index contributed by atoms with van der Waals surface area (Å²) in [6.45, 7) is 1.02. The molecule has 0 radical (unpaired) electrons. The van der Waals surface area contributed by atoms with Gasteiger partial charge in [-0.15, -0.1) is 11.3 Å². The SMILES string of the molecule is COc1cc2c(cc1OC)[C@H](c1cccs1)[NH+](CC(=O)NC(=O)NC1CC1)CC2. The van der Waals surface area contributed by atoms with Crippen molar-refractivity contribution in [2.45, 2.75) is 31.3 Å². The van der Waals surface area contributed by atoms with Gasteiger partial charge in [-0.05, 0) is 42.0 Å². The van der Waals surface area contributed by atoms with Gasteiger partial charge in [-0.2, -0.15) is 0 Å². The Kier molecular flexibility index (Phi) is 5.73. The molecule has 154 valence electrons. The van der Waals surface area contributed by atoms with Crippen molar-refractivity contribution in [1.82, 2.24) is 10.6 Å². The van der Waals surface area contributed by atoms with Gasteiger partial charge in [0.1, 0.15) is 6.04 Å². The Morgan fingerprint density at radius 2 is 1.97 bits per heavy atom. The molecule has 1 fully saturated rings. The summed E-state index contributed by atoms with van der Waals surface area (Å²) < 4.78 is 11.0. The molecule has 2 heterocycles. The van der Waals surface area contributed by atoms with E-state index < -0.39 is 6.03 Å². The van der Waals surface area contributed by atoms with Crippen LogP contribution >= 0.6 is 11.3 Å². The molecular formula is C21H26N3O4S+. The molecule has 29 heavy (non-hydrogen) atoms. The molecule has 0 bridgehead atoms. The van der Waals surface area contributed by atoms with Gasteiger partial charge in [0, 0.05) is 18.0 Å². The minimum Gasteiger partial charge on any atom is -0.493 e. The van der Waals surface area contributed by atoms with Crippen LogP contribution < -0.4 is 25.0 Å². The molecular weight excluding hydrogens is 390 g/mol. The lowest BCUT2D eigenvalue weighted by molar-refractivity contribution is -0.919. The first-order valence-electron chi connectivity index (χ1n) is 9.82. The summed E-state index contributed by atoms with van der Waals surface area (Å²) in [6, 6.07) is 8.02. The Balaban J connectivity index is 1.58. The number of hydrogen-bond donors (Lipinski definition) is 3. The quantitative estimate of drug-likeness (QED) is 0.663. The topological polar surface area (TPSA) is 81.1 Å². The summed E-state index contributed by atoms with van der Waals surface area (Å²) in [6.07, 6.45) is 2.80. The highest BCUT2D eigenvalue weighted by Crippen LogP contribution is 2.36. The van der Waals surface area contributed by atoms with Crippen LogP contribution in [-0.4, -0.2) is 45.3 Å². The highest BCUT2D eigenvalue weighted by Gasteiger charge is 2.36. The van der Waals surface area contributed by atoms with Gasteiger partial charge in [0.2, 0.25) is 0 Å². The summed E-state index contributed by atoms with van der Waals surface area (Å²) in [5.41, 5.74) is 2.35. The fraction of sp³-hybridized carbons (Fsp3) is 0.429. The van der Waals surface area contributed by atoms with Gasteiger partial charge in [-0.3, -0.25) is 10.1 Å². The third kappa shape index (κ3) is 4.38. The van der Waals surface area contributed by atoms with Crippen LogP contribution in [0.3, 0.4) is 0 Å². The molecule has 1 aromatic heterocycles. The lowest BCUT2D eigenvalue weighted by atomic mass is 9.91. The number of quaternary nitrogens is 1. The van der Waals surface area contributed by atoms with Crippen LogP contribution in [0.25, 0.3) is 0 Å². The van der Waals surface area contributed by atoms with Crippen molar-refractivity contribution in [3.63, 3.8) is 0 Å². The third-order valence-electron chi connectivity index (χ3n) is 5.46. The molecule has 1 aliphatic carbocycles. The first kappa shape index (κ1) is 19.7. The fourth-order valence-corrected chi connectivity index (χ4v) is 4.81. The zero-order valence-corrected chi connectivity index (χ0v) is 17.4. The molecule has 1 aromatic carbocycles. The molecule has 0 saturated heterocycles. The number of urea groups is 1. The van der Waals surface area contributed by atoms with Gasteiger partial charge < -0.3 is 19.7 Å². The number of carbonyl (C=O) groups excluding carboxylic acids is 2. The van der Waals surface area contributed by atoms with Crippen molar-refractivity contribution in [2.75, 3.05) is 27.3 Å². The van der Waals surface area contributed by atoms with E-state index in [2.05, 4.69) is 16.7 Å². The summed E-state index contributed by atoms with van der Waals surface area (Å²) in [5.74, 6) is 1.14. The predicted molar refractivity (Wildman–Crippen MR) is 110 cm³/mol. The summed E-state index contributed by atoms with van der Waals surface area (Å²) >= 11 is 1.67. The van der Waals surface area contributed by atoms with E-state index in [1.807, 2.05) is 23.6 Å². The zero-order valence-electron chi connectivity index (χ0n) is 16.6. The van der Waals surface area contributed by atoms with E-state index >= 15 is 0 Å². The first-order valence-corrected chi connectivity index (χ1v) is 10.7. The van der Waals surface area contributed by atoms with Crippen molar-refractivity contribution in [2.24, 2.45) is 0 Å². The van der Waals surface area contributed by atoms with Crippen molar-refractivity contribution in [3.05, 3.63) is 45.6 Å². The van der Waals surface area contributed by atoms with Crippen molar-refractivity contribution >= 4 is 23.3 Å². The summed E-state index contributed by atoms with van der Waals surface area (Å²) in [7, 11) is 3.27. The second-order valence-corrected chi connectivity index (χ2v) is 8.46. The minimum atomic E-state index is -0.395. The Labute approximate surface area is 174 Å². The lowest BCUT2D eigenvalue weighted by Gasteiger charge is -2.34. The normalized spacial score (nSPS) is 20.5. The number of amides is 3. The smallest absolute Gasteiger partial charge is 0.321 e. The monoisotopic (exact) mass is 416 g/mol. The van der Waals surface area contributed by atoms with Gasteiger partial charge in [0.25, 0.3) is 5.91 Å². The highest BCUT2D eigenvalue weighted by atomic mass is 32.1. The number of nitrogens with one attached hydrogen (secondary N) is 3. The van der Waals surface area contributed by atoms with Crippen molar-refractivity contribution in [1.29, 1.82) is 0 Å². The number of carbonyl (C=O) groups is 2. The molecule has 2 aromatic rings. The maximum Gasteiger partial charge on any atom is 0.321 e. The van der Waals surface area contributed by atoms with E-state index in [1.54, 1.807) is 25.6 Å². The second-order valence-electron chi connectivity index (χ2n) is 7.49. The van der Waals surface area contributed by atoms with Crippen LogP contribution in [-0.2, 0) is 11.2 Å². The largest absolute Gasteiger partial charge is 0.493 e. The van der Waals surface area contributed by atoms with Crippen LogP contribution in [0.2, 0.25) is 0 Å².